The molecule has 0 heterocycles. The van der Waals surface area contributed by atoms with E-state index >= 15 is 0 Å². The fourth-order valence-corrected chi connectivity index (χ4v) is 3.16. The summed E-state index contributed by atoms with van der Waals surface area (Å²) in [6.07, 6.45) is 0.953. The Bertz CT molecular complexity index is 824. The molecule has 140 valence electrons. The van der Waals surface area contributed by atoms with Crippen molar-refractivity contribution < 1.29 is 4.74 Å². The average Bonchev–Trinajstić information content (AvgIpc) is 2.68. The highest BCUT2D eigenvalue weighted by molar-refractivity contribution is 5.46. The molecule has 1 unspecified atom stereocenters. The molecule has 1 atom stereocenters. The molecule has 0 saturated carbocycles. The molecule has 0 spiro atoms. The van der Waals surface area contributed by atoms with Gasteiger partial charge in [0.2, 0.25) is 0 Å². The van der Waals surface area contributed by atoms with Gasteiger partial charge in [-0.25, -0.2) is 0 Å². The van der Waals surface area contributed by atoms with Crippen molar-refractivity contribution in [2.24, 2.45) is 0 Å². The highest BCUT2D eigenvalue weighted by atomic mass is 16.5. The number of benzene rings is 3. The van der Waals surface area contributed by atoms with Gasteiger partial charge in [0.05, 0.1) is 0 Å². The van der Waals surface area contributed by atoms with Crippen molar-refractivity contribution in [3.05, 3.63) is 95.6 Å². The molecule has 0 aliphatic rings. The van der Waals surface area contributed by atoms with Gasteiger partial charge in [0.25, 0.3) is 0 Å². The van der Waals surface area contributed by atoms with Crippen molar-refractivity contribution in [3.8, 4) is 5.75 Å². The van der Waals surface area contributed by atoms with E-state index in [9.17, 15) is 0 Å². The fraction of sp³-hybridized carbons (Fsp3) is 0.280. The summed E-state index contributed by atoms with van der Waals surface area (Å²) in [7, 11) is 0. The van der Waals surface area contributed by atoms with Crippen LogP contribution in [0.5, 0.6) is 5.75 Å². The minimum Gasteiger partial charge on any atom is -0.489 e. The molecule has 0 saturated heterocycles. The highest BCUT2D eigenvalue weighted by Crippen LogP contribution is 2.20. The van der Waals surface area contributed by atoms with Gasteiger partial charge in [-0.1, -0.05) is 68.4 Å². The second kappa shape index (κ2) is 9.27. The zero-order valence-corrected chi connectivity index (χ0v) is 16.5. The molecule has 0 aliphatic carbocycles. The van der Waals surface area contributed by atoms with Crippen LogP contribution in [-0.2, 0) is 13.0 Å². The summed E-state index contributed by atoms with van der Waals surface area (Å²) in [4.78, 5) is 0. The number of rotatable bonds is 8. The molecule has 3 rings (SSSR count). The SMILES string of the molecule is CC(Cc1cccc(OCc2ccccc2)c1)Nc1ccc(C(C)C)cc1. The molecule has 0 radical (unpaired) electrons. The van der Waals surface area contributed by atoms with Crippen LogP contribution < -0.4 is 10.1 Å². The van der Waals surface area contributed by atoms with Gasteiger partial charge in [0.1, 0.15) is 12.4 Å². The van der Waals surface area contributed by atoms with Gasteiger partial charge in [-0.15, -0.1) is 0 Å². The van der Waals surface area contributed by atoms with Crippen LogP contribution in [0.2, 0.25) is 0 Å². The maximum atomic E-state index is 5.95. The Hall–Kier alpha value is -2.74. The van der Waals surface area contributed by atoms with Crippen LogP contribution >= 0.6 is 0 Å². The van der Waals surface area contributed by atoms with Crippen molar-refractivity contribution in [2.45, 2.75) is 45.8 Å². The summed E-state index contributed by atoms with van der Waals surface area (Å²) in [6.45, 7) is 7.25. The fourth-order valence-electron chi connectivity index (χ4n) is 3.16. The van der Waals surface area contributed by atoms with Crippen LogP contribution in [0.15, 0.2) is 78.9 Å². The maximum absolute atomic E-state index is 5.95. The molecule has 3 aromatic carbocycles. The van der Waals surface area contributed by atoms with Gasteiger partial charge < -0.3 is 10.1 Å². The van der Waals surface area contributed by atoms with Gasteiger partial charge in [-0.3, -0.25) is 0 Å². The lowest BCUT2D eigenvalue weighted by molar-refractivity contribution is 0.306. The van der Waals surface area contributed by atoms with E-state index in [-0.39, 0.29) is 0 Å². The molecule has 0 fully saturated rings. The molecule has 27 heavy (non-hydrogen) atoms. The van der Waals surface area contributed by atoms with E-state index in [1.165, 1.54) is 22.4 Å². The van der Waals surface area contributed by atoms with E-state index in [0.29, 0.717) is 18.6 Å². The Morgan fingerprint density at radius 3 is 2.19 bits per heavy atom. The van der Waals surface area contributed by atoms with E-state index in [4.69, 9.17) is 4.74 Å². The van der Waals surface area contributed by atoms with Crippen molar-refractivity contribution in [3.63, 3.8) is 0 Å². The lowest BCUT2D eigenvalue weighted by Crippen LogP contribution is -2.18. The first-order chi connectivity index (χ1) is 13.1. The van der Waals surface area contributed by atoms with Gasteiger partial charge in [-0.05, 0) is 60.2 Å². The van der Waals surface area contributed by atoms with Crippen LogP contribution in [0.4, 0.5) is 5.69 Å². The molecular formula is C25H29NO. The van der Waals surface area contributed by atoms with Crippen LogP contribution in [0.3, 0.4) is 0 Å². The molecule has 3 aromatic rings. The van der Waals surface area contributed by atoms with Crippen molar-refractivity contribution >= 4 is 5.69 Å². The van der Waals surface area contributed by atoms with Crippen molar-refractivity contribution in [1.29, 1.82) is 0 Å². The quantitative estimate of drug-likeness (QED) is 0.500. The zero-order valence-electron chi connectivity index (χ0n) is 16.5. The van der Waals surface area contributed by atoms with E-state index in [1.54, 1.807) is 0 Å². The number of hydrogen-bond donors (Lipinski definition) is 1. The van der Waals surface area contributed by atoms with Gasteiger partial charge in [0.15, 0.2) is 0 Å². The summed E-state index contributed by atoms with van der Waals surface area (Å²) in [6, 6.07) is 27.8. The highest BCUT2D eigenvalue weighted by Gasteiger charge is 2.06. The predicted molar refractivity (Wildman–Crippen MR) is 115 cm³/mol. The number of nitrogens with one attached hydrogen (secondary N) is 1. The van der Waals surface area contributed by atoms with Crippen molar-refractivity contribution in [1.82, 2.24) is 0 Å². The Morgan fingerprint density at radius 1 is 0.778 bits per heavy atom. The monoisotopic (exact) mass is 359 g/mol. The molecule has 2 heteroatoms. The third-order valence-corrected chi connectivity index (χ3v) is 4.68. The van der Waals surface area contributed by atoms with E-state index in [0.717, 1.165) is 12.2 Å². The first-order valence-corrected chi connectivity index (χ1v) is 9.72. The molecule has 0 aliphatic heterocycles. The summed E-state index contributed by atoms with van der Waals surface area (Å²) in [5.41, 5.74) is 5.00. The topological polar surface area (TPSA) is 21.3 Å². The summed E-state index contributed by atoms with van der Waals surface area (Å²) in [5.74, 6) is 1.49. The third-order valence-electron chi connectivity index (χ3n) is 4.68. The summed E-state index contributed by atoms with van der Waals surface area (Å²) >= 11 is 0. The van der Waals surface area contributed by atoms with E-state index in [1.807, 2.05) is 24.3 Å². The third kappa shape index (κ3) is 5.89. The lowest BCUT2D eigenvalue weighted by Gasteiger charge is -2.17. The molecule has 2 nitrogen and oxygen atoms in total. The Kier molecular flexibility index (Phi) is 6.54. The number of hydrogen-bond acceptors (Lipinski definition) is 2. The number of anilines is 1. The molecule has 0 bridgehead atoms. The van der Waals surface area contributed by atoms with E-state index in [2.05, 4.69) is 80.7 Å². The van der Waals surface area contributed by atoms with Crippen LogP contribution in [-0.4, -0.2) is 6.04 Å². The second-order valence-corrected chi connectivity index (χ2v) is 7.45. The minimum absolute atomic E-state index is 0.347. The van der Waals surface area contributed by atoms with E-state index < -0.39 is 0 Å². The molecular weight excluding hydrogens is 330 g/mol. The summed E-state index contributed by atoms with van der Waals surface area (Å²) in [5, 5.41) is 3.59. The van der Waals surface area contributed by atoms with Crippen molar-refractivity contribution in [2.75, 3.05) is 5.32 Å². The van der Waals surface area contributed by atoms with Crippen LogP contribution in [0.1, 0.15) is 43.4 Å². The Balaban J connectivity index is 1.55. The van der Waals surface area contributed by atoms with Gasteiger partial charge in [-0.2, -0.15) is 0 Å². The summed E-state index contributed by atoms with van der Waals surface area (Å²) < 4.78 is 5.95. The number of ether oxygens (including phenoxy) is 1. The predicted octanol–water partition coefficient (Wildman–Crippen LogP) is 6.43. The first kappa shape index (κ1) is 19.0. The van der Waals surface area contributed by atoms with Crippen LogP contribution in [0.25, 0.3) is 0 Å². The molecule has 0 amide bonds. The molecule has 1 N–H and O–H groups in total. The zero-order chi connectivity index (χ0) is 19.1. The first-order valence-electron chi connectivity index (χ1n) is 9.72. The minimum atomic E-state index is 0.347. The Labute approximate surface area is 163 Å². The normalized spacial score (nSPS) is 12.0. The van der Waals surface area contributed by atoms with Gasteiger partial charge >= 0.3 is 0 Å². The lowest BCUT2D eigenvalue weighted by atomic mass is 10.0. The molecule has 0 aromatic heterocycles. The smallest absolute Gasteiger partial charge is 0.120 e. The average molecular weight is 360 g/mol. The largest absolute Gasteiger partial charge is 0.489 e. The van der Waals surface area contributed by atoms with Crippen LogP contribution in [0, 0.1) is 0 Å². The Morgan fingerprint density at radius 2 is 1.48 bits per heavy atom. The van der Waals surface area contributed by atoms with Gasteiger partial charge in [0, 0.05) is 11.7 Å². The maximum Gasteiger partial charge on any atom is 0.120 e. The standard InChI is InChI=1S/C25H29NO/c1-19(2)23-12-14-24(15-13-23)26-20(3)16-22-10-7-11-25(17-22)27-18-21-8-5-4-6-9-21/h4-15,17,19-20,26H,16,18H2,1-3H3. The second-order valence-electron chi connectivity index (χ2n) is 7.45.